The maximum absolute atomic E-state index is 4.82. The maximum atomic E-state index is 4.82. The number of nitrogens with zero attached hydrogens (tertiary/aromatic N) is 4. The van der Waals surface area contributed by atoms with Gasteiger partial charge in [-0.2, -0.15) is 9.61 Å². The first kappa shape index (κ1) is 11.2. The molecule has 0 saturated carbocycles. The second-order valence-corrected chi connectivity index (χ2v) is 5.59. The Morgan fingerprint density at radius 2 is 2.26 bits per heavy atom. The molecular weight excluding hydrogens is 238 g/mol. The van der Waals surface area contributed by atoms with E-state index in [1.807, 2.05) is 16.8 Å². The summed E-state index contributed by atoms with van der Waals surface area (Å²) >= 11 is 0. The number of fused-ring (bicyclic) bond motifs is 2. The van der Waals surface area contributed by atoms with Crippen molar-refractivity contribution in [3.8, 4) is 0 Å². The summed E-state index contributed by atoms with van der Waals surface area (Å²) in [4.78, 5) is 7.27. The van der Waals surface area contributed by atoms with E-state index in [9.17, 15) is 0 Å². The molecule has 0 bridgehead atoms. The van der Waals surface area contributed by atoms with Gasteiger partial charge in [0.2, 0.25) is 0 Å². The van der Waals surface area contributed by atoms with Crippen LogP contribution >= 0.6 is 0 Å². The van der Waals surface area contributed by atoms with Gasteiger partial charge in [-0.15, -0.1) is 0 Å². The van der Waals surface area contributed by atoms with Gasteiger partial charge in [-0.05, 0) is 12.3 Å². The standard InChI is InChI=1S/C14H19N5/c1-10-9-15-5-3-11-13(10)14(18-7-2-8-18)19-12(17-11)4-6-16-19/h4,6,10,15H,2-3,5,7-9H2,1H3. The molecule has 19 heavy (non-hydrogen) atoms. The topological polar surface area (TPSA) is 45.5 Å². The quantitative estimate of drug-likeness (QED) is 0.833. The Kier molecular flexibility index (Phi) is 2.48. The molecule has 5 heteroatoms. The van der Waals surface area contributed by atoms with Gasteiger partial charge in [0.1, 0.15) is 5.82 Å². The van der Waals surface area contributed by atoms with Crippen LogP contribution in [-0.4, -0.2) is 40.8 Å². The average Bonchev–Trinajstić information content (AvgIpc) is 2.72. The summed E-state index contributed by atoms with van der Waals surface area (Å²) in [5.41, 5.74) is 3.64. The van der Waals surface area contributed by atoms with Crippen LogP contribution in [0.25, 0.3) is 5.65 Å². The summed E-state index contributed by atoms with van der Waals surface area (Å²) < 4.78 is 2.03. The van der Waals surface area contributed by atoms with E-state index in [1.54, 1.807) is 0 Å². The Bertz CT molecular complexity index is 614. The molecule has 2 aliphatic heterocycles. The number of nitrogens with one attached hydrogen (secondary N) is 1. The van der Waals surface area contributed by atoms with Crippen LogP contribution in [-0.2, 0) is 6.42 Å². The van der Waals surface area contributed by atoms with E-state index in [0.717, 1.165) is 38.2 Å². The van der Waals surface area contributed by atoms with Crippen molar-refractivity contribution in [3.05, 3.63) is 23.5 Å². The van der Waals surface area contributed by atoms with Crippen molar-refractivity contribution in [2.75, 3.05) is 31.1 Å². The van der Waals surface area contributed by atoms with Gasteiger partial charge in [0, 0.05) is 44.2 Å². The van der Waals surface area contributed by atoms with Gasteiger partial charge in [0.25, 0.3) is 0 Å². The molecule has 100 valence electrons. The number of anilines is 1. The zero-order valence-corrected chi connectivity index (χ0v) is 11.3. The van der Waals surface area contributed by atoms with Crippen molar-refractivity contribution >= 4 is 11.5 Å². The second-order valence-electron chi connectivity index (χ2n) is 5.59. The van der Waals surface area contributed by atoms with Gasteiger partial charge in [-0.25, -0.2) is 4.98 Å². The zero-order valence-electron chi connectivity index (χ0n) is 11.3. The Morgan fingerprint density at radius 3 is 3.05 bits per heavy atom. The highest BCUT2D eigenvalue weighted by Gasteiger charge is 2.28. The second kappa shape index (κ2) is 4.20. The molecule has 4 rings (SSSR count). The lowest BCUT2D eigenvalue weighted by Gasteiger charge is -2.36. The summed E-state index contributed by atoms with van der Waals surface area (Å²) in [6.07, 6.45) is 4.16. The lowest BCUT2D eigenvalue weighted by molar-refractivity contribution is 0.585. The van der Waals surface area contributed by atoms with Crippen molar-refractivity contribution < 1.29 is 0 Å². The third kappa shape index (κ3) is 1.64. The van der Waals surface area contributed by atoms with Gasteiger partial charge in [-0.1, -0.05) is 6.92 Å². The smallest absolute Gasteiger partial charge is 0.157 e. The molecule has 2 aromatic heterocycles. The Hall–Kier alpha value is -1.62. The monoisotopic (exact) mass is 257 g/mol. The highest BCUT2D eigenvalue weighted by atomic mass is 15.4. The number of hydrogen-bond acceptors (Lipinski definition) is 4. The van der Waals surface area contributed by atoms with Crippen molar-refractivity contribution in [3.63, 3.8) is 0 Å². The van der Waals surface area contributed by atoms with E-state index in [2.05, 4.69) is 22.2 Å². The van der Waals surface area contributed by atoms with E-state index in [1.165, 1.54) is 23.5 Å². The summed E-state index contributed by atoms with van der Waals surface area (Å²) in [7, 11) is 0. The number of hydrogen-bond donors (Lipinski definition) is 1. The largest absolute Gasteiger partial charge is 0.356 e. The van der Waals surface area contributed by atoms with Crippen LogP contribution in [0.4, 0.5) is 5.82 Å². The lowest BCUT2D eigenvalue weighted by Crippen LogP contribution is -2.40. The third-order valence-corrected chi connectivity index (χ3v) is 4.26. The molecule has 0 amide bonds. The minimum atomic E-state index is 0.495. The fourth-order valence-electron chi connectivity index (χ4n) is 3.14. The fraction of sp³-hybridized carbons (Fsp3) is 0.571. The first-order chi connectivity index (χ1) is 9.34. The van der Waals surface area contributed by atoms with Crippen LogP contribution in [0.3, 0.4) is 0 Å². The molecule has 2 aliphatic rings. The lowest BCUT2D eigenvalue weighted by atomic mass is 9.98. The number of aromatic nitrogens is 3. The Labute approximate surface area is 112 Å². The molecule has 2 aromatic rings. The van der Waals surface area contributed by atoms with Crippen LogP contribution in [0.15, 0.2) is 12.3 Å². The maximum Gasteiger partial charge on any atom is 0.157 e. The fourth-order valence-corrected chi connectivity index (χ4v) is 3.14. The van der Waals surface area contributed by atoms with Crippen molar-refractivity contribution in [1.29, 1.82) is 0 Å². The highest BCUT2D eigenvalue weighted by Crippen LogP contribution is 2.34. The Balaban J connectivity index is 2.00. The average molecular weight is 257 g/mol. The van der Waals surface area contributed by atoms with Crippen LogP contribution in [0.2, 0.25) is 0 Å². The molecule has 1 fully saturated rings. The van der Waals surface area contributed by atoms with Crippen molar-refractivity contribution in [1.82, 2.24) is 19.9 Å². The van der Waals surface area contributed by atoms with Crippen LogP contribution in [0.1, 0.15) is 30.5 Å². The molecule has 0 radical (unpaired) electrons. The first-order valence-electron chi connectivity index (χ1n) is 7.17. The molecule has 1 atom stereocenters. The SMILES string of the molecule is CC1CNCCc2nc3ccnn3c(N3CCC3)c21. The van der Waals surface area contributed by atoms with Crippen LogP contribution in [0, 0.1) is 0 Å². The van der Waals surface area contributed by atoms with E-state index in [-0.39, 0.29) is 0 Å². The molecule has 5 nitrogen and oxygen atoms in total. The van der Waals surface area contributed by atoms with Gasteiger partial charge in [0.15, 0.2) is 5.65 Å². The number of rotatable bonds is 1. The van der Waals surface area contributed by atoms with Gasteiger partial charge in [-0.3, -0.25) is 0 Å². The molecule has 4 heterocycles. The third-order valence-electron chi connectivity index (χ3n) is 4.26. The van der Waals surface area contributed by atoms with E-state index in [4.69, 9.17) is 4.98 Å². The Morgan fingerprint density at radius 1 is 1.37 bits per heavy atom. The molecule has 1 unspecified atom stereocenters. The summed E-state index contributed by atoms with van der Waals surface area (Å²) in [6.45, 7) is 6.63. The summed E-state index contributed by atoms with van der Waals surface area (Å²) in [5, 5.41) is 7.99. The highest BCUT2D eigenvalue weighted by molar-refractivity contribution is 5.59. The molecule has 1 saturated heterocycles. The van der Waals surface area contributed by atoms with Crippen LogP contribution in [0.5, 0.6) is 0 Å². The minimum Gasteiger partial charge on any atom is -0.356 e. The molecule has 0 aliphatic carbocycles. The molecular formula is C14H19N5. The normalized spacial score (nSPS) is 23.0. The van der Waals surface area contributed by atoms with Crippen molar-refractivity contribution in [2.24, 2.45) is 0 Å². The molecule has 0 aromatic carbocycles. The molecule has 1 N–H and O–H groups in total. The van der Waals surface area contributed by atoms with E-state index >= 15 is 0 Å². The van der Waals surface area contributed by atoms with E-state index < -0.39 is 0 Å². The van der Waals surface area contributed by atoms with Crippen molar-refractivity contribution in [2.45, 2.75) is 25.7 Å². The van der Waals surface area contributed by atoms with Gasteiger partial charge >= 0.3 is 0 Å². The molecule has 0 spiro atoms. The minimum absolute atomic E-state index is 0.495. The summed E-state index contributed by atoms with van der Waals surface area (Å²) in [6, 6.07) is 2.01. The zero-order chi connectivity index (χ0) is 12.8. The van der Waals surface area contributed by atoms with E-state index in [0.29, 0.717) is 5.92 Å². The predicted octanol–water partition coefficient (Wildman–Crippen LogP) is 1.19. The first-order valence-corrected chi connectivity index (χ1v) is 7.17. The summed E-state index contributed by atoms with van der Waals surface area (Å²) in [5.74, 6) is 1.78. The van der Waals surface area contributed by atoms with Gasteiger partial charge < -0.3 is 10.2 Å². The van der Waals surface area contributed by atoms with Gasteiger partial charge in [0.05, 0.1) is 11.9 Å². The van der Waals surface area contributed by atoms with Crippen LogP contribution < -0.4 is 10.2 Å². The predicted molar refractivity (Wildman–Crippen MR) is 74.8 cm³/mol.